The van der Waals surface area contributed by atoms with E-state index >= 15 is 0 Å². The average Bonchev–Trinajstić information content (AvgIpc) is 3.07. The topological polar surface area (TPSA) is 75.6 Å². The molecule has 1 saturated carbocycles. The Kier molecular flexibility index (Phi) is 4.44. The quantitative estimate of drug-likeness (QED) is 0.816. The highest BCUT2D eigenvalue weighted by atomic mass is 32.2. The van der Waals surface area contributed by atoms with Gasteiger partial charge in [0.2, 0.25) is 16.0 Å². The summed E-state index contributed by atoms with van der Waals surface area (Å²) >= 11 is 0. The van der Waals surface area contributed by atoms with E-state index in [9.17, 15) is 8.42 Å². The Labute approximate surface area is 143 Å². The van der Waals surface area contributed by atoms with Crippen LogP contribution in [0, 0.1) is 0 Å². The van der Waals surface area contributed by atoms with E-state index in [1.165, 1.54) is 0 Å². The first kappa shape index (κ1) is 16.2. The van der Waals surface area contributed by atoms with Gasteiger partial charge in [-0.1, -0.05) is 19.3 Å². The molecule has 4 rings (SSSR count). The molecule has 0 radical (unpaired) electrons. The van der Waals surface area contributed by atoms with Gasteiger partial charge in [0, 0.05) is 31.4 Å². The molecule has 1 aliphatic carbocycles. The number of anilines is 1. The second-order valence-corrected chi connectivity index (χ2v) is 9.03. The van der Waals surface area contributed by atoms with Crippen molar-refractivity contribution in [2.75, 3.05) is 31.2 Å². The van der Waals surface area contributed by atoms with Crippen LogP contribution in [0.25, 0.3) is 0 Å². The van der Waals surface area contributed by atoms with Crippen LogP contribution in [0.1, 0.15) is 43.4 Å². The van der Waals surface area contributed by atoms with Crippen LogP contribution >= 0.6 is 0 Å². The van der Waals surface area contributed by atoms with Gasteiger partial charge in [0.05, 0.1) is 30.7 Å². The van der Waals surface area contributed by atoms with Crippen LogP contribution in [0.5, 0.6) is 0 Å². The Balaban J connectivity index is 1.51. The molecule has 0 atom stereocenters. The van der Waals surface area contributed by atoms with Crippen LogP contribution in [0.15, 0.2) is 6.20 Å². The number of nitrogens with zero attached hydrogens (tertiary/aromatic N) is 4. The number of fused-ring (bicyclic) bond motifs is 1. The lowest BCUT2D eigenvalue weighted by Crippen LogP contribution is -2.37. The standard InChI is InChI=1S/C16H24N4O3S/c21-24(22,14-4-2-1-3-5-14)20-11-13-10-17-16(18-15(13)12-20)19-6-8-23-9-7-19/h10,14H,1-9,11-12H2. The predicted octanol–water partition coefficient (Wildman–Crippen LogP) is 1.29. The molecule has 2 aliphatic heterocycles. The van der Waals surface area contributed by atoms with Crippen molar-refractivity contribution in [1.82, 2.24) is 14.3 Å². The van der Waals surface area contributed by atoms with Gasteiger partial charge < -0.3 is 9.64 Å². The molecular formula is C16H24N4O3S. The normalized spacial score (nSPS) is 23.4. The molecule has 132 valence electrons. The molecule has 3 aliphatic rings. The summed E-state index contributed by atoms with van der Waals surface area (Å²) in [7, 11) is -3.24. The second-order valence-electron chi connectivity index (χ2n) is 6.81. The second kappa shape index (κ2) is 6.57. The number of hydrogen-bond donors (Lipinski definition) is 0. The maximum absolute atomic E-state index is 12.9. The summed E-state index contributed by atoms with van der Waals surface area (Å²) < 4.78 is 32.7. The molecule has 2 fully saturated rings. The molecule has 1 aromatic rings. The van der Waals surface area contributed by atoms with Gasteiger partial charge in [0.15, 0.2) is 0 Å². The molecule has 0 aromatic carbocycles. The Morgan fingerprint density at radius 3 is 2.58 bits per heavy atom. The van der Waals surface area contributed by atoms with Crippen molar-refractivity contribution in [1.29, 1.82) is 0 Å². The highest BCUT2D eigenvalue weighted by Crippen LogP contribution is 2.31. The van der Waals surface area contributed by atoms with E-state index in [1.807, 2.05) is 0 Å². The zero-order valence-electron chi connectivity index (χ0n) is 13.9. The van der Waals surface area contributed by atoms with Crippen molar-refractivity contribution in [2.45, 2.75) is 50.4 Å². The lowest BCUT2D eigenvalue weighted by atomic mass is 10.0. The first-order chi connectivity index (χ1) is 11.6. The third kappa shape index (κ3) is 3.02. The molecule has 8 heteroatoms. The largest absolute Gasteiger partial charge is 0.378 e. The number of rotatable bonds is 3. The smallest absolute Gasteiger partial charge is 0.225 e. The van der Waals surface area contributed by atoms with Crippen LogP contribution in [-0.2, 0) is 27.8 Å². The van der Waals surface area contributed by atoms with Gasteiger partial charge in [-0.25, -0.2) is 18.4 Å². The van der Waals surface area contributed by atoms with Gasteiger partial charge in [-0.05, 0) is 12.8 Å². The Bertz CT molecular complexity index is 697. The van der Waals surface area contributed by atoms with E-state index in [1.54, 1.807) is 10.5 Å². The number of aromatic nitrogens is 2. The van der Waals surface area contributed by atoms with E-state index in [0.29, 0.717) is 32.3 Å². The molecule has 24 heavy (non-hydrogen) atoms. The summed E-state index contributed by atoms with van der Waals surface area (Å²) in [6.45, 7) is 3.72. The Morgan fingerprint density at radius 2 is 1.83 bits per heavy atom. The van der Waals surface area contributed by atoms with Crippen molar-refractivity contribution >= 4 is 16.0 Å². The Hall–Kier alpha value is -1.25. The maximum atomic E-state index is 12.9. The van der Waals surface area contributed by atoms with Crippen molar-refractivity contribution in [3.8, 4) is 0 Å². The van der Waals surface area contributed by atoms with Gasteiger partial charge in [-0.2, -0.15) is 4.31 Å². The number of morpholine rings is 1. The minimum absolute atomic E-state index is 0.216. The predicted molar refractivity (Wildman–Crippen MR) is 90.1 cm³/mol. The highest BCUT2D eigenvalue weighted by Gasteiger charge is 2.37. The first-order valence-electron chi connectivity index (χ1n) is 8.81. The van der Waals surface area contributed by atoms with Crippen LogP contribution < -0.4 is 4.90 Å². The van der Waals surface area contributed by atoms with Crippen molar-refractivity contribution < 1.29 is 13.2 Å². The third-order valence-electron chi connectivity index (χ3n) is 5.24. The van der Waals surface area contributed by atoms with Crippen molar-refractivity contribution in [3.63, 3.8) is 0 Å². The van der Waals surface area contributed by atoms with Gasteiger partial charge in [-0.3, -0.25) is 0 Å². The number of hydrogen-bond acceptors (Lipinski definition) is 6. The number of sulfonamides is 1. The van der Waals surface area contributed by atoms with Gasteiger partial charge in [-0.15, -0.1) is 0 Å². The summed E-state index contributed by atoms with van der Waals surface area (Å²) in [5, 5.41) is -0.216. The molecule has 0 spiro atoms. The highest BCUT2D eigenvalue weighted by molar-refractivity contribution is 7.89. The summed E-state index contributed by atoms with van der Waals surface area (Å²) in [6.07, 6.45) is 6.57. The fraction of sp³-hybridized carbons (Fsp3) is 0.750. The SMILES string of the molecule is O=S(=O)(C1CCCCC1)N1Cc2cnc(N3CCOCC3)nc2C1. The van der Waals surface area contributed by atoms with Crippen molar-refractivity contribution in [3.05, 3.63) is 17.5 Å². The third-order valence-corrected chi connectivity index (χ3v) is 7.53. The van der Waals surface area contributed by atoms with Crippen LogP contribution in [0.4, 0.5) is 5.95 Å². The van der Waals surface area contributed by atoms with Gasteiger partial charge >= 0.3 is 0 Å². The van der Waals surface area contributed by atoms with Gasteiger partial charge in [0.25, 0.3) is 0 Å². The van der Waals surface area contributed by atoms with E-state index in [2.05, 4.69) is 14.9 Å². The van der Waals surface area contributed by atoms with Gasteiger partial charge in [0.1, 0.15) is 0 Å². The average molecular weight is 352 g/mol. The molecule has 1 aromatic heterocycles. The minimum Gasteiger partial charge on any atom is -0.378 e. The molecular weight excluding hydrogens is 328 g/mol. The summed E-state index contributed by atoms with van der Waals surface area (Å²) in [4.78, 5) is 11.2. The van der Waals surface area contributed by atoms with E-state index in [0.717, 1.165) is 56.5 Å². The molecule has 0 bridgehead atoms. The first-order valence-corrected chi connectivity index (χ1v) is 10.3. The summed E-state index contributed by atoms with van der Waals surface area (Å²) in [6, 6.07) is 0. The molecule has 0 unspecified atom stereocenters. The monoisotopic (exact) mass is 352 g/mol. The maximum Gasteiger partial charge on any atom is 0.225 e. The fourth-order valence-corrected chi connectivity index (χ4v) is 5.75. The van der Waals surface area contributed by atoms with Crippen molar-refractivity contribution in [2.24, 2.45) is 0 Å². The molecule has 0 N–H and O–H groups in total. The lowest BCUT2D eigenvalue weighted by Gasteiger charge is -2.27. The molecule has 7 nitrogen and oxygen atoms in total. The lowest BCUT2D eigenvalue weighted by molar-refractivity contribution is 0.122. The molecule has 1 saturated heterocycles. The zero-order chi connectivity index (χ0) is 16.6. The summed E-state index contributed by atoms with van der Waals surface area (Å²) in [5.41, 5.74) is 1.79. The Morgan fingerprint density at radius 1 is 1.08 bits per heavy atom. The van der Waals surface area contributed by atoms with E-state index in [-0.39, 0.29) is 5.25 Å². The van der Waals surface area contributed by atoms with E-state index < -0.39 is 10.0 Å². The zero-order valence-corrected chi connectivity index (χ0v) is 14.7. The van der Waals surface area contributed by atoms with Crippen LogP contribution in [0.3, 0.4) is 0 Å². The molecule has 0 amide bonds. The molecule has 3 heterocycles. The summed E-state index contributed by atoms with van der Waals surface area (Å²) in [5.74, 6) is 0.689. The number of ether oxygens (including phenoxy) is 1. The van der Waals surface area contributed by atoms with Crippen LogP contribution in [0.2, 0.25) is 0 Å². The van der Waals surface area contributed by atoms with Crippen LogP contribution in [-0.4, -0.2) is 54.2 Å². The minimum atomic E-state index is -3.24. The fourth-order valence-electron chi connectivity index (χ4n) is 3.78. The van der Waals surface area contributed by atoms with E-state index in [4.69, 9.17) is 4.74 Å².